The second-order valence-electron chi connectivity index (χ2n) is 14.7. The van der Waals surface area contributed by atoms with Crippen LogP contribution >= 0.6 is 0 Å². The molecule has 2 bridgehead atoms. The van der Waals surface area contributed by atoms with Crippen LogP contribution in [0.5, 0.6) is 0 Å². The van der Waals surface area contributed by atoms with Crippen LogP contribution in [0.1, 0.15) is 85.5 Å². The molecule has 10 nitrogen and oxygen atoms in total. The molecule has 1 aliphatic heterocycles. The van der Waals surface area contributed by atoms with E-state index in [4.69, 9.17) is 14.2 Å². The lowest BCUT2D eigenvalue weighted by molar-refractivity contribution is -0.298. The minimum absolute atomic E-state index is 0.0325. The van der Waals surface area contributed by atoms with Crippen LogP contribution in [-0.2, 0) is 23.8 Å². The Kier molecular flexibility index (Phi) is 7.95. The Morgan fingerprint density at radius 2 is 1.71 bits per heavy atom. The van der Waals surface area contributed by atoms with Gasteiger partial charge >= 0.3 is 11.9 Å². The summed E-state index contributed by atoms with van der Waals surface area (Å²) in [7, 11) is 0. The monoisotopic (exact) mass is 580 g/mol. The molecule has 12 unspecified atom stereocenters. The predicted octanol–water partition coefficient (Wildman–Crippen LogP) is 1.98. The van der Waals surface area contributed by atoms with Crippen molar-refractivity contribution in [1.29, 1.82) is 0 Å². The van der Waals surface area contributed by atoms with Gasteiger partial charge in [-0.3, -0.25) is 9.59 Å². The smallest absolute Gasteiger partial charge is 0.314 e. The van der Waals surface area contributed by atoms with Gasteiger partial charge in [-0.15, -0.1) is 0 Å². The average molecular weight is 581 g/mol. The Morgan fingerprint density at radius 1 is 1.00 bits per heavy atom. The van der Waals surface area contributed by atoms with Gasteiger partial charge in [0.05, 0.1) is 24.0 Å². The summed E-state index contributed by atoms with van der Waals surface area (Å²) in [5, 5.41) is 50.6. The van der Waals surface area contributed by atoms with Gasteiger partial charge in [0.25, 0.3) is 0 Å². The summed E-state index contributed by atoms with van der Waals surface area (Å²) in [5.41, 5.74) is -1.58. The molecular weight excluding hydrogens is 532 g/mol. The van der Waals surface area contributed by atoms with Gasteiger partial charge in [0.15, 0.2) is 0 Å². The minimum Gasteiger partial charge on any atom is -0.457 e. The first-order valence-electron chi connectivity index (χ1n) is 15.2. The zero-order valence-corrected chi connectivity index (χ0v) is 24.8. The highest BCUT2D eigenvalue weighted by molar-refractivity contribution is 5.77. The standard InChI is InChI=1S/C31H48O10/c1-16-17-7-8-20-29(4)10-6-11-30(5,27(37)41-26-24(36)23(35)22(34)18(15-32)39-26)19(29)9-12-31(20,13-17)25(16)40-21(33)14-28(2,3)38/h17-20,22-26,32,34-36,38H,1,6-15H2,2-5H3. The molecule has 5 N–H and O–H groups in total. The van der Waals surface area contributed by atoms with Gasteiger partial charge in [-0.05, 0) is 94.5 Å². The van der Waals surface area contributed by atoms with Crippen LogP contribution in [0.25, 0.3) is 0 Å². The molecule has 1 heterocycles. The molecule has 0 amide bonds. The fourth-order valence-corrected chi connectivity index (χ4v) is 9.70. The summed E-state index contributed by atoms with van der Waals surface area (Å²) in [4.78, 5) is 26.8. The molecular formula is C31H48O10. The number of hydrogen-bond donors (Lipinski definition) is 5. The van der Waals surface area contributed by atoms with E-state index in [2.05, 4.69) is 13.5 Å². The number of esters is 2. The molecule has 5 aliphatic rings. The number of carbonyl (C=O) groups is 2. The number of hydrogen-bond acceptors (Lipinski definition) is 10. The molecule has 1 saturated heterocycles. The van der Waals surface area contributed by atoms with E-state index in [1.807, 2.05) is 6.92 Å². The van der Waals surface area contributed by atoms with Gasteiger partial charge < -0.3 is 39.7 Å². The summed E-state index contributed by atoms with van der Waals surface area (Å²) in [6.07, 6.45) is -1.34. The van der Waals surface area contributed by atoms with E-state index in [0.717, 1.165) is 50.5 Å². The maximum absolute atomic E-state index is 13.9. The fourth-order valence-electron chi connectivity index (χ4n) is 9.70. The van der Waals surface area contributed by atoms with Crippen molar-refractivity contribution in [3.63, 3.8) is 0 Å². The molecule has 4 saturated carbocycles. The summed E-state index contributed by atoms with van der Waals surface area (Å²) >= 11 is 0. The lowest BCUT2D eigenvalue weighted by Gasteiger charge is -2.64. The van der Waals surface area contributed by atoms with Crippen molar-refractivity contribution >= 4 is 11.9 Å². The van der Waals surface area contributed by atoms with E-state index in [-0.39, 0.29) is 35.0 Å². The summed E-state index contributed by atoms with van der Waals surface area (Å²) in [6, 6.07) is 0. The van der Waals surface area contributed by atoms with Gasteiger partial charge in [-0.2, -0.15) is 0 Å². The Morgan fingerprint density at radius 3 is 2.37 bits per heavy atom. The maximum Gasteiger partial charge on any atom is 0.314 e. The Bertz CT molecular complexity index is 1050. The topological polar surface area (TPSA) is 163 Å². The first kappa shape index (κ1) is 30.9. The van der Waals surface area contributed by atoms with Crippen molar-refractivity contribution in [2.24, 2.45) is 34.0 Å². The van der Waals surface area contributed by atoms with Crippen LogP contribution in [-0.4, -0.2) is 86.5 Å². The number of aliphatic hydroxyl groups is 5. The summed E-state index contributed by atoms with van der Waals surface area (Å²) < 4.78 is 17.4. The van der Waals surface area contributed by atoms with Gasteiger partial charge in [0, 0.05) is 5.41 Å². The number of ether oxygens (including phenoxy) is 3. The zero-order valence-electron chi connectivity index (χ0n) is 24.8. The van der Waals surface area contributed by atoms with Crippen molar-refractivity contribution in [1.82, 2.24) is 0 Å². The summed E-state index contributed by atoms with van der Waals surface area (Å²) in [5.74, 6) is -0.490. The Labute approximate surface area is 242 Å². The number of rotatable bonds is 6. The first-order valence-corrected chi connectivity index (χ1v) is 15.2. The third-order valence-electron chi connectivity index (χ3n) is 11.5. The van der Waals surface area contributed by atoms with Gasteiger partial charge in [0.2, 0.25) is 6.29 Å². The zero-order chi connectivity index (χ0) is 30.1. The largest absolute Gasteiger partial charge is 0.457 e. The maximum atomic E-state index is 13.9. The number of fused-ring (bicyclic) bond motifs is 3. The molecule has 5 rings (SSSR count). The molecule has 1 spiro atoms. The Hall–Kier alpha value is -1.56. The highest BCUT2D eigenvalue weighted by Gasteiger charge is 2.69. The fraction of sp³-hybridized carbons (Fsp3) is 0.871. The molecule has 0 aromatic heterocycles. The van der Waals surface area contributed by atoms with E-state index in [0.29, 0.717) is 6.42 Å². The van der Waals surface area contributed by atoms with Crippen LogP contribution in [0.4, 0.5) is 0 Å². The highest BCUT2D eigenvalue weighted by atomic mass is 16.7. The second-order valence-corrected chi connectivity index (χ2v) is 14.7. The summed E-state index contributed by atoms with van der Waals surface area (Å²) in [6.45, 7) is 11.1. The van der Waals surface area contributed by atoms with E-state index in [9.17, 15) is 35.1 Å². The van der Waals surface area contributed by atoms with Crippen molar-refractivity contribution in [2.75, 3.05) is 6.61 Å². The molecule has 0 aromatic rings. The molecule has 232 valence electrons. The molecule has 41 heavy (non-hydrogen) atoms. The van der Waals surface area contributed by atoms with E-state index >= 15 is 0 Å². The predicted molar refractivity (Wildman–Crippen MR) is 146 cm³/mol. The number of aliphatic hydroxyl groups excluding tert-OH is 4. The molecule has 12 atom stereocenters. The lowest BCUT2D eigenvalue weighted by atomic mass is 9.40. The lowest BCUT2D eigenvalue weighted by Crippen LogP contribution is -2.62. The van der Waals surface area contributed by atoms with Crippen molar-refractivity contribution in [3.05, 3.63) is 12.2 Å². The van der Waals surface area contributed by atoms with Crippen LogP contribution in [0.15, 0.2) is 12.2 Å². The SMILES string of the molecule is C=C1C2CCC3C4(C)CCCC(C)(C(=O)OC5OC(CO)C(O)C(O)C5O)C4CCC3(C2)C1OC(=O)CC(C)(C)O. The van der Waals surface area contributed by atoms with Crippen molar-refractivity contribution < 1.29 is 49.3 Å². The molecule has 0 aromatic carbocycles. The molecule has 0 radical (unpaired) electrons. The molecule has 10 heteroatoms. The van der Waals surface area contributed by atoms with Crippen molar-refractivity contribution in [2.45, 2.75) is 128 Å². The normalized spacial score (nSPS) is 47.7. The Balaban J connectivity index is 1.39. The second kappa shape index (κ2) is 10.6. The van der Waals surface area contributed by atoms with E-state index < -0.39 is 66.4 Å². The van der Waals surface area contributed by atoms with Crippen molar-refractivity contribution in [3.8, 4) is 0 Å². The van der Waals surface area contributed by atoms with E-state index in [1.54, 1.807) is 13.8 Å². The van der Waals surface area contributed by atoms with Gasteiger partial charge in [0.1, 0.15) is 30.5 Å². The van der Waals surface area contributed by atoms with Crippen LogP contribution < -0.4 is 0 Å². The number of carbonyl (C=O) groups excluding carboxylic acids is 2. The van der Waals surface area contributed by atoms with E-state index in [1.165, 1.54) is 0 Å². The highest BCUT2D eigenvalue weighted by Crippen LogP contribution is 2.72. The molecule has 5 fully saturated rings. The molecule has 4 aliphatic carbocycles. The third kappa shape index (κ3) is 4.96. The quantitative estimate of drug-likeness (QED) is 0.232. The van der Waals surface area contributed by atoms with Gasteiger partial charge in [-0.1, -0.05) is 19.9 Å². The van der Waals surface area contributed by atoms with Crippen LogP contribution in [0, 0.1) is 34.0 Å². The third-order valence-corrected chi connectivity index (χ3v) is 11.5. The average Bonchev–Trinajstić information content (AvgIpc) is 3.07. The van der Waals surface area contributed by atoms with Crippen LogP contribution in [0.3, 0.4) is 0 Å². The minimum atomic E-state index is -1.65. The van der Waals surface area contributed by atoms with Crippen LogP contribution in [0.2, 0.25) is 0 Å². The van der Waals surface area contributed by atoms with Gasteiger partial charge in [-0.25, -0.2) is 0 Å². The first-order chi connectivity index (χ1) is 19.1.